The minimum atomic E-state index is -4.68. The lowest BCUT2D eigenvalue weighted by molar-refractivity contribution is -0.870. The third kappa shape index (κ3) is 46.9. The van der Waals surface area contributed by atoms with Crippen molar-refractivity contribution in [1.29, 1.82) is 0 Å². The lowest BCUT2D eigenvalue weighted by Gasteiger charge is -2.28. The summed E-state index contributed by atoms with van der Waals surface area (Å²) in [7, 11) is 1.04. The van der Waals surface area contributed by atoms with E-state index in [2.05, 4.69) is 62.5 Å². The molecule has 362 valence electrons. The summed E-state index contributed by atoms with van der Waals surface area (Å²) in [5, 5.41) is 10.3. The van der Waals surface area contributed by atoms with E-state index in [-0.39, 0.29) is 26.1 Å². The van der Waals surface area contributed by atoms with Crippen LogP contribution >= 0.6 is 7.82 Å². The molecule has 11 heteroatoms. The van der Waals surface area contributed by atoms with Crippen LogP contribution in [-0.4, -0.2) is 81.2 Å². The van der Waals surface area contributed by atoms with E-state index in [0.717, 1.165) is 44.9 Å². The Bertz CT molecular complexity index is 1360. The molecule has 0 heterocycles. The van der Waals surface area contributed by atoms with Crippen molar-refractivity contribution in [3.63, 3.8) is 0 Å². The van der Waals surface area contributed by atoms with Crippen molar-refractivity contribution in [2.24, 2.45) is 0 Å². The number of aliphatic hydroxyl groups is 1. The number of esters is 2. The number of hydrogen-bond acceptors (Lipinski definition) is 9. The zero-order chi connectivity index (χ0) is 46.5. The van der Waals surface area contributed by atoms with Gasteiger partial charge in [0.2, 0.25) is 0 Å². The van der Waals surface area contributed by atoms with Gasteiger partial charge in [-0.05, 0) is 70.6 Å². The first kappa shape index (κ1) is 60.2. The van der Waals surface area contributed by atoms with Gasteiger partial charge in [-0.3, -0.25) is 14.2 Å². The van der Waals surface area contributed by atoms with Gasteiger partial charge >= 0.3 is 11.9 Å². The van der Waals surface area contributed by atoms with E-state index >= 15 is 0 Å². The zero-order valence-corrected chi connectivity index (χ0v) is 41.2. The Labute approximate surface area is 384 Å². The smallest absolute Gasteiger partial charge is 0.306 e. The lowest BCUT2D eigenvalue weighted by Crippen LogP contribution is -2.37. The highest BCUT2D eigenvalue weighted by Crippen LogP contribution is 2.38. The molecule has 3 atom stereocenters. The van der Waals surface area contributed by atoms with Crippen LogP contribution < -0.4 is 4.89 Å². The molecule has 0 aromatic carbocycles. The first-order valence-corrected chi connectivity index (χ1v) is 25.9. The molecule has 0 aliphatic heterocycles. The lowest BCUT2D eigenvalue weighted by atomic mass is 10.1. The van der Waals surface area contributed by atoms with Crippen molar-refractivity contribution in [2.45, 2.75) is 187 Å². The number of unbranched alkanes of at least 4 members (excludes halogenated alkanes) is 15. The van der Waals surface area contributed by atoms with Crippen molar-refractivity contribution in [3.8, 4) is 0 Å². The van der Waals surface area contributed by atoms with Crippen molar-refractivity contribution >= 4 is 19.8 Å². The summed E-state index contributed by atoms with van der Waals surface area (Å²) in [5.74, 6) is -1.02. The Hall–Kier alpha value is -2.85. The Morgan fingerprint density at radius 1 is 0.603 bits per heavy atom. The number of phosphoric acid groups is 1. The summed E-state index contributed by atoms with van der Waals surface area (Å²) < 4.78 is 33.8. The normalized spacial score (nSPS) is 14.7. The molecule has 63 heavy (non-hydrogen) atoms. The van der Waals surface area contributed by atoms with Crippen molar-refractivity contribution in [2.75, 3.05) is 47.5 Å². The molecular weight excluding hydrogens is 814 g/mol. The number of hydrogen-bond donors (Lipinski definition) is 1. The number of carbonyl (C=O) groups is 2. The molecule has 2 unspecified atom stereocenters. The molecule has 0 aromatic heterocycles. The molecule has 0 saturated carbocycles. The van der Waals surface area contributed by atoms with Crippen molar-refractivity contribution < 1.29 is 47.2 Å². The highest BCUT2D eigenvalue weighted by atomic mass is 31.2. The van der Waals surface area contributed by atoms with Gasteiger partial charge in [0.25, 0.3) is 7.82 Å². The van der Waals surface area contributed by atoms with E-state index in [1.807, 2.05) is 39.4 Å². The molecular formula is C52H90NO9P. The number of likely N-dealkylation sites (N-methyl/N-ethyl adjacent to an activating group) is 1. The van der Waals surface area contributed by atoms with Gasteiger partial charge in [0.1, 0.15) is 19.8 Å². The minimum absolute atomic E-state index is 0.0145. The van der Waals surface area contributed by atoms with Crippen LogP contribution in [0.15, 0.2) is 85.1 Å². The fourth-order valence-corrected chi connectivity index (χ4v) is 6.90. The maximum Gasteiger partial charge on any atom is 0.306 e. The number of phosphoric ester groups is 1. The van der Waals surface area contributed by atoms with Gasteiger partial charge in [0, 0.05) is 12.8 Å². The second-order valence-electron chi connectivity index (χ2n) is 17.3. The summed E-state index contributed by atoms with van der Waals surface area (Å²) >= 11 is 0. The number of allylic oxidation sites excluding steroid dienone is 12. The second kappa shape index (κ2) is 43.1. The molecule has 0 fully saturated rings. The van der Waals surface area contributed by atoms with E-state index in [1.165, 1.54) is 83.5 Å². The fraction of sp³-hybridized carbons (Fsp3) is 0.692. The van der Waals surface area contributed by atoms with Gasteiger partial charge in [-0.2, -0.15) is 0 Å². The zero-order valence-electron chi connectivity index (χ0n) is 40.4. The quantitative estimate of drug-likeness (QED) is 0.0159. The largest absolute Gasteiger partial charge is 0.756 e. The van der Waals surface area contributed by atoms with E-state index in [1.54, 1.807) is 18.2 Å². The predicted octanol–water partition coefficient (Wildman–Crippen LogP) is 12.7. The number of nitrogens with zero attached hydrogens (tertiary/aromatic N) is 1. The van der Waals surface area contributed by atoms with Crippen molar-refractivity contribution in [3.05, 3.63) is 85.1 Å². The molecule has 0 bridgehead atoms. The molecule has 1 N–H and O–H groups in total. The number of rotatable bonds is 43. The van der Waals surface area contributed by atoms with Crippen LogP contribution in [0.1, 0.15) is 174 Å². The number of quaternary nitrogens is 1. The maximum atomic E-state index is 12.7. The van der Waals surface area contributed by atoms with Crippen LogP contribution in [0.5, 0.6) is 0 Å². The summed E-state index contributed by atoms with van der Waals surface area (Å²) in [6.07, 6.45) is 52.2. The van der Waals surface area contributed by atoms with E-state index in [0.29, 0.717) is 30.3 Å². The summed E-state index contributed by atoms with van der Waals surface area (Å²) in [4.78, 5) is 37.7. The first-order chi connectivity index (χ1) is 30.4. The monoisotopic (exact) mass is 904 g/mol. The van der Waals surface area contributed by atoms with Crippen LogP contribution in [-0.2, 0) is 32.7 Å². The number of carbonyl (C=O) groups excluding carboxylic acids is 2. The topological polar surface area (TPSA) is 131 Å². The van der Waals surface area contributed by atoms with E-state index in [4.69, 9.17) is 18.5 Å². The Morgan fingerprint density at radius 3 is 1.73 bits per heavy atom. The second-order valence-corrected chi connectivity index (χ2v) is 18.7. The summed E-state index contributed by atoms with van der Waals surface area (Å²) in [5.41, 5.74) is 0. The average molecular weight is 904 g/mol. The number of aliphatic hydroxyl groups excluding tert-OH is 1. The van der Waals surface area contributed by atoms with Gasteiger partial charge in [0.15, 0.2) is 6.10 Å². The molecule has 0 saturated heterocycles. The van der Waals surface area contributed by atoms with E-state index < -0.39 is 38.6 Å². The fourth-order valence-electron chi connectivity index (χ4n) is 6.17. The van der Waals surface area contributed by atoms with Gasteiger partial charge in [-0.25, -0.2) is 0 Å². The van der Waals surface area contributed by atoms with E-state index in [9.17, 15) is 24.2 Å². The SMILES string of the molecule is CC/C=C\C/C=C\C/C=C\C/C=C\C=C/C(O)C/C=C\CCC(=O)O[C@H](COC(=O)CCCCCCCCCCC/C=C\CCCCCCCC)COP(=O)([O-])OCC[N+](C)(C)C. The minimum Gasteiger partial charge on any atom is -0.756 e. The van der Waals surface area contributed by atoms with Crippen LogP contribution in [0.2, 0.25) is 0 Å². The van der Waals surface area contributed by atoms with Gasteiger partial charge in [-0.15, -0.1) is 0 Å². The van der Waals surface area contributed by atoms with Crippen LogP contribution in [0, 0.1) is 0 Å². The molecule has 0 amide bonds. The van der Waals surface area contributed by atoms with Crippen LogP contribution in [0.25, 0.3) is 0 Å². The highest BCUT2D eigenvalue weighted by Gasteiger charge is 2.21. The Kier molecular flexibility index (Phi) is 41.1. The van der Waals surface area contributed by atoms with Crippen LogP contribution in [0.3, 0.4) is 0 Å². The molecule has 0 rings (SSSR count). The maximum absolute atomic E-state index is 12.7. The molecule has 0 aliphatic carbocycles. The molecule has 10 nitrogen and oxygen atoms in total. The van der Waals surface area contributed by atoms with Crippen LogP contribution in [0.4, 0.5) is 0 Å². The average Bonchev–Trinajstić information content (AvgIpc) is 3.23. The Balaban J connectivity index is 4.51. The predicted molar refractivity (Wildman–Crippen MR) is 260 cm³/mol. The van der Waals surface area contributed by atoms with Gasteiger partial charge in [0.05, 0.1) is 33.9 Å². The summed E-state index contributed by atoms with van der Waals surface area (Å²) in [6, 6.07) is 0. The summed E-state index contributed by atoms with van der Waals surface area (Å²) in [6.45, 7) is 3.90. The molecule has 0 aliphatic rings. The van der Waals surface area contributed by atoms with Crippen molar-refractivity contribution in [1.82, 2.24) is 0 Å². The standard InChI is InChI=1S/C52H90NO9P/c1-6-8-10-12-14-16-18-20-21-22-23-24-25-27-29-31-33-35-39-43-51(55)59-47-50(48-61-63(57,58)60-46-45-53(3,4)5)62-52(56)44-40-36-38-42-49(54)41-37-34-32-30-28-26-19-17-15-13-11-9-7-2/h9,11,15,17,20-21,26,28,32,34,36-38,41,49-50,54H,6-8,10,12-14,16,18-19,22-25,27,29-31,33,35,39-40,42-48H2,1-5H3/b11-9-,17-15-,21-20-,28-26-,34-32-,38-36-,41-37-/t49?,50-/m1/s1. The molecule has 0 radical (unpaired) electrons. The third-order valence-electron chi connectivity index (χ3n) is 9.99. The molecule has 0 aromatic rings. The van der Waals surface area contributed by atoms with Gasteiger partial charge < -0.3 is 33.0 Å². The highest BCUT2D eigenvalue weighted by molar-refractivity contribution is 7.45. The Morgan fingerprint density at radius 2 is 1.14 bits per heavy atom. The first-order valence-electron chi connectivity index (χ1n) is 24.4. The third-order valence-corrected chi connectivity index (χ3v) is 11.0. The van der Waals surface area contributed by atoms with Gasteiger partial charge in [-0.1, -0.05) is 176 Å². The molecule has 0 spiro atoms. The number of ether oxygens (including phenoxy) is 2.